The molecule has 23 heavy (non-hydrogen) atoms. The number of fused-ring (bicyclic) bond motifs is 1. The van der Waals surface area contributed by atoms with E-state index in [4.69, 9.17) is 0 Å². The van der Waals surface area contributed by atoms with Gasteiger partial charge >= 0.3 is 18.1 Å². The predicted octanol–water partition coefficient (Wildman–Crippen LogP) is 5.36. The normalized spacial score (nSPS) is 21.4. The van der Waals surface area contributed by atoms with E-state index in [1.165, 1.54) is 6.42 Å². The van der Waals surface area contributed by atoms with Crippen LogP contribution in [0.2, 0.25) is 0 Å². The summed E-state index contributed by atoms with van der Waals surface area (Å²) < 4.78 is 39.7. The molecule has 2 atom stereocenters. The van der Waals surface area contributed by atoms with Gasteiger partial charge in [0, 0.05) is 10.2 Å². The van der Waals surface area contributed by atoms with Gasteiger partial charge in [-0.05, 0) is 42.8 Å². The minimum absolute atomic E-state index is 0.191. The number of hydrogen-bond donors (Lipinski definition) is 0. The van der Waals surface area contributed by atoms with Crippen molar-refractivity contribution in [2.24, 2.45) is 5.92 Å². The Morgan fingerprint density at radius 2 is 2.13 bits per heavy atom. The monoisotopic (exact) mass is 408 g/mol. The lowest BCUT2D eigenvalue weighted by molar-refractivity contribution is -0.318. The Hall–Kier alpha value is -0.410. The highest BCUT2D eigenvalue weighted by Crippen LogP contribution is 2.43. The van der Waals surface area contributed by atoms with E-state index in [1.807, 2.05) is 6.07 Å². The molecule has 6 heteroatoms. The summed E-state index contributed by atoms with van der Waals surface area (Å²) in [6.45, 7) is 1.66. The quantitative estimate of drug-likeness (QED) is 0.272. The SMILES string of the molecule is CC1c2[n+]#ccc(SCCCCCBr)c2CCCC1C(F)(F)F. The number of hydrogen-bond acceptors (Lipinski definition) is 1. The second kappa shape index (κ2) is 8.62. The summed E-state index contributed by atoms with van der Waals surface area (Å²) in [5.74, 6) is -0.879. The minimum Gasteiger partial charge on any atom is -0.171 e. The maximum atomic E-state index is 13.2. The lowest BCUT2D eigenvalue weighted by atomic mass is 9.88. The van der Waals surface area contributed by atoms with Crippen molar-refractivity contribution in [3.8, 4) is 0 Å². The van der Waals surface area contributed by atoms with E-state index in [2.05, 4.69) is 27.1 Å². The van der Waals surface area contributed by atoms with Crippen molar-refractivity contribution in [3.63, 3.8) is 0 Å². The summed E-state index contributed by atoms with van der Waals surface area (Å²) in [6.07, 6.45) is 3.58. The Balaban J connectivity index is 2.12. The van der Waals surface area contributed by atoms with Gasteiger partial charge in [-0.25, -0.2) is 0 Å². The van der Waals surface area contributed by atoms with Crippen LogP contribution in [0.15, 0.2) is 11.0 Å². The van der Waals surface area contributed by atoms with E-state index in [0.29, 0.717) is 18.5 Å². The molecule has 0 bridgehead atoms. The van der Waals surface area contributed by atoms with Crippen LogP contribution in [0.1, 0.15) is 56.2 Å². The third-order valence-corrected chi connectivity index (χ3v) is 6.15. The Labute approximate surface area is 149 Å². The first-order valence-corrected chi connectivity index (χ1v) is 10.2. The third-order valence-electron chi connectivity index (χ3n) is 4.42. The Kier molecular flexibility index (Phi) is 7.09. The van der Waals surface area contributed by atoms with E-state index < -0.39 is 18.0 Å². The molecule has 1 aliphatic rings. The topological polar surface area (TPSA) is 14.1 Å². The molecule has 0 aromatic carbocycles. The Morgan fingerprint density at radius 3 is 2.83 bits per heavy atom. The van der Waals surface area contributed by atoms with Crippen LogP contribution in [0, 0.1) is 12.1 Å². The second-order valence-electron chi connectivity index (χ2n) is 6.04. The highest BCUT2D eigenvalue weighted by molar-refractivity contribution is 9.09. The van der Waals surface area contributed by atoms with E-state index in [0.717, 1.165) is 34.4 Å². The summed E-state index contributed by atoms with van der Waals surface area (Å²) in [7, 11) is 0. The fourth-order valence-electron chi connectivity index (χ4n) is 3.14. The van der Waals surface area contributed by atoms with Crippen molar-refractivity contribution >= 4 is 27.7 Å². The first kappa shape index (κ1) is 18.9. The lowest BCUT2D eigenvalue weighted by Crippen LogP contribution is -2.29. The number of unbranched alkanes of at least 4 members (excludes halogenated alkanes) is 2. The smallest absolute Gasteiger partial charge is 0.171 e. The van der Waals surface area contributed by atoms with Gasteiger partial charge in [0.25, 0.3) is 0 Å². The zero-order valence-electron chi connectivity index (χ0n) is 13.3. The number of aromatic nitrogens is 1. The fraction of sp³-hybridized carbons (Fsp3) is 0.706. The zero-order valence-corrected chi connectivity index (χ0v) is 15.7. The van der Waals surface area contributed by atoms with Gasteiger partial charge in [0.2, 0.25) is 0 Å². The van der Waals surface area contributed by atoms with Crippen molar-refractivity contribution in [3.05, 3.63) is 23.5 Å². The van der Waals surface area contributed by atoms with Gasteiger partial charge in [0.05, 0.1) is 23.5 Å². The zero-order chi connectivity index (χ0) is 16.9. The molecular formula is C17H22BrF3NS+. The summed E-state index contributed by atoms with van der Waals surface area (Å²) in [5, 5.41) is 1.02. The van der Waals surface area contributed by atoms with Crippen LogP contribution in [0.3, 0.4) is 0 Å². The molecule has 128 valence electrons. The molecular weight excluding hydrogens is 387 g/mol. The van der Waals surface area contributed by atoms with E-state index in [9.17, 15) is 13.2 Å². The van der Waals surface area contributed by atoms with Crippen LogP contribution < -0.4 is 4.98 Å². The maximum absolute atomic E-state index is 13.2. The molecule has 1 aromatic rings. The van der Waals surface area contributed by atoms with Crippen molar-refractivity contribution in [2.45, 2.75) is 62.4 Å². The summed E-state index contributed by atoms with van der Waals surface area (Å²) >= 11 is 5.16. The van der Waals surface area contributed by atoms with Crippen LogP contribution in [0.25, 0.3) is 0 Å². The molecule has 0 saturated carbocycles. The summed E-state index contributed by atoms with van der Waals surface area (Å²) in [5.41, 5.74) is 1.63. The molecule has 0 aliphatic heterocycles. The van der Waals surface area contributed by atoms with Crippen LogP contribution in [-0.2, 0) is 6.42 Å². The van der Waals surface area contributed by atoms with Crippen LogP contribution >= 0.6 is 27.7 Å². The fourth-order valence-corrected chi connectivity index (χ4v) is 4.62. The van der Waals surface area contributed by atoms with Crippen molar-refractivity contribution < 1.29 is 18.2 Å². The largest absolute Gasteiger partial charge is 0.392 e. The Morgan fingerprint density at radius 1 is 1.35 bits per heavy atom. The van der Waals surface area contributed by atoms with Crippen LogP contribution in [0.5, 0.6) is 0 Å². The number of alkyl halides is 4. The van der Waals surface area contributed by atoms with Crippen molar-refractivity contribution in [2.75, 3.05) is 11.1 Å². The average Bonchev–Trinajstić information content (AvgIpc) is 2.67. The van der Waals surface area contributed by atoms with E-state index >= 15 is 0 Å². The third kappa shape index (κ3) is 5.03. The molecule has 0 spiro atoms. The van der Waals surface area contributed by atoms with Gasteiger partial charge in [0.15, 0.2) is 0 Å². The minimum atomic E-state index is -4.15. The summed E-state index contributed by atoms with van der Waals surface area (Å²) in [6, 6.07) is 1.84. The first-order valence-electron chi connectivity index (χ1n) is 8.10. The number of nitrogens with zero attached hydrogens (tertiary/aromatic N) is 1. The van der Waals surface area contributed by atoms with E-state index in [1.54, 1.807) is 18.7 Å². The molecule has 1 aliphatic carbocycles. The van der Waals surface area contributed by atoms with Gasteiger partial charge in [-0.2, -0.15) is 13.2 Å². The molecule has 0 amide bonds. The van der Waals surface area contributed by atoms with Gasteiger partial charge in [0.1, 0.15) is 0 Å². The molecule has 0 fully saturated rings. The maximum Gasteiger partial charge on any atom is 0.392 e. The molecule has 1 nitrogen and oxygen atoms in total. The number of rotatable bonds is 6. The van der Waals surface area contributed by atoms with Crippen molar-refractivity contribution in [1.82, 2.24) is 0 Å². The molecule has 1 aromatic heterocycles. The Bertz CT molecular complexity index is 507. The van der Waals surface area contributed by atoms with Crippen LogP contribution in [0.4, 0.5) is 13.2 Å². The predicted molar refractivity (Wildman–Crippen MR) is 90.1 cm³/mol. The highest BCUT2D eigenvalue weighted by atomic mass is 79.9. The molecule has 1 heterocycles. The van der Waals surface area contributed by atoms with Gasteiger partial charge in [-0.15, -0.1) is 11.8 Å². The number of thioether (sulfide) groups is 1. The van der Waals surface area contributed by atoms with Crippen LogP contribution in [-0.4, -0.2) is 17.3 Å². The standard InChI is InChI=1S/C17H22BrF3NS/c1-12-14(17(19,20)21)7-5-6-13-15(8-10-22-16(12)13)23-11-4-2-3-9-18/h8,12,14H,2-7,9,11H2,1H3/q+1. The highest BCUT2D eigenvalue weighted by Gasteiger charge is 2.48. The lowest BCUT2D eigenvalue weighted by Gasteiger charge is -2.21. The molecule has 2 rings (SSSR count). The van der Waals surface area contributed by atoms with E-state index in [-0.39, 0.29) is 6.42 Å². The molecule has 2 unspecified atom stereocenters. The van der Waals surface area contributed by atoms with Gasteiger partial charge < -0.3 is 0 Å². The summed E-state index contributed by atoms with van der Waals surface area (Å²) in [4.78, 5) is 5.27. The molecule has 0 saturated heterocycles. The average molecular weight is 409 g/mol. The molecule has 0 radical (unpaired) electrons. The number of halogens is 4. The van der Waals surface area contributed by atoms with Gasteiger partial charge in [-0.3, -0.25) is 0 Å². The second-order valence-corrected chi connectivity index (χ2v) is 7.97. The first-order chi connectivity index (χ1) is 10.9. The van der Waals surface area contributed by atoms with Crippen molar-refractivity contribution in [1.29, 1.82) is 0 Å². The van der Waals surface area contributed by atoms with Gasteiger partial charge in [-0.1, -0.05) is 29.3 Å². The molecule has 0 N–H and O–H groups in total.